The number of nitrogens with zero attached hydrogens (tertiary/aromatic N) is 1. The van der Waals surface area contributed by atoms with Crippen molar-refractivity contribution < 1.29 is 23.4 Å². The summed E-state index contributed by atoms with van der Waals surface area (Å²) in [5.74, 6) is -1.52. The Morgan fingerprint density at radius 1 is 0.889 bits per heavy atom. The molecule has 4 aromatic carbocycles. The van der Waals surface area contributed by atoms with Crippen LogP contribution in [0.25, 0.3) is 33.3 Å². The monoisotopic (exact) mass is 481 g/mol. The van der Waals surface area contributed by atoms with Crippen LogP contribution in [0.3, 0.4) is 0 Å². The molecule has 0 aliphatic heterocycles. The first-order valence-corrected chi connectivity index (χ1v) is 11.3. The van der Waals surface area contributed by atoms with Gasteiger partial charge in [-0.05, 0) is 60.0 Å². The Morgan fingerprint density at radius 2 is 1.61 bits per heavy atom. The van der Waals surface area contributed by atoms with Gasteiger partial charge in [-0.3, -0.25) is 0 Å². The van der Waals surface area contributed by atoms with E-state index in [0.29, 0.717) is 45.8 Å². The van der Waals surface area contributed by atoms with Gasteiger partial charge in [0.1, 0.15) is 24.0 Å². The van der Waals surface area contributed by atoms with Gasteiger partial charge in [0.25, 0.3) is 0 Å². The Labute approximate surface area is 206 Å². The molecule has 6 heteroatoms. The number of rotatable bonds is 6. The van der Waals surface area contributed by atoms with E-state index < -0.39 is 11.8 Å². The van der Waals surface area contributed by atoms with Crippen molar-refractivity contribution in [3.05, 3.63) is 119 Å². The molecule has 5 aromatic rings. The number of pyridine rings is 1. The van der Waals surface area contributed by atoms with E-state index in [1.165, 1.54) is 24.3 Å². The first-order chi connectivity index (χ1) is 17.4. The minimum Gasteiger partial charge on any atom is -0.489 e. The maximum atomic E-state index is 14.7. The van der Waals surface area contributed by atoms with Gasteiger partial charge in [0.05, 0.1) is 16.8 Å². The number of ether oxygens (including phenoxy) is 1. The topological polar surface area (TPSA) is 59.4 Å². The lowest BCUT2D eigenvalue weighted by atomic mass is 9.96. The molecule has 0 fully saturated rings. The van der Waals surface area contributed by atoms with Crippen molar-refractivity contribution in [2.75, 3.05) is 0 Å². The average molecular weight is 481 g/mol. The summed E-state index contributed by atoms with van der Waals surface area (Å²) in [4.78, 5) is 16.6. The molecule has 4 nitrogen and oxygen atoms in total. The van der Waals surface area contributed by atoms with Gasteiger partial charge in [0.2, 0.25) is 0 Å². The van der Waals surface area contributed by atoms with Crippen molar-refractivity contribution in [3.63, 3.8) is 0 Å². The first kappa shape index (κ1) is 23.2. The second-order valence-electron chi connectivity index (χ2n) is 8.42. The number of benzene rings is 4. The number of aromatic nitrogens is 1. The lowest BCUT2D eigenvalue weighted by Crippen LogP contribution is -2.05. The van der Waals surface area contributed by atoms with E-state index >= 15 is 0 Å². The Kier molecular flexibility index (Phi) is 6.17. The highest BCUT2D eigenvalue weighted by atomic mass is 19.1. The minimum atomic E-state index is -1.15. The third-order valence-corrected chi connectivity index (χ3v) is 6.06. The molecule has 0 radical (unpaired) electrons. The summed E-state index contributed by atoms with van der Waals surface area (Å²) in [5, 5.41) is 10.0. The molecule has 178 valence electrons. The van der Waals surface area contributed by atoms with Crippen LogP contribution in [-0.4, -0.2) is 16.1 Å². The maximum absolute atomic E-state index is 14.7. The molecule has 0 bridgehead atoms. The van der Waals surface area contributed by atoms with Gasteiger partial charge in [0.15, 0.2) is 0 Å². The molecule has 0 unspecified atom stereocenters. The molecule has 0 saturated carbocycles. The number of hydrogen-bond donors (Lipinski definition) is 1. The van der Waals surface area contributed by atoms with E-state index in [-0.39, 0.29) is 16.8 Å². The highest BCUT2D eigenvalue weighted by Crippen LogP contribution is 2.33. The van der Waals surface area contributed by atoms with Crippen LogP contribution in [-0.2, 0) is 6.61 Å². The molecular weight excluding hydrogens is 460 g/mol. The SMILES string of the molecule is Cc1c(-c2ccc(-c3cc(OCc4ccccc4)ccc3F)cc2)nc2ccc(F)cc2c1C(=O)O. The van der Waals surface area contributed by atoms with E-state index in [1.54, 1.807) is 43.3 Å². The van der Waals surface area contributed by atoms with Crippen LogP contribution in [0, 0.1) is 18.6 Å². The molecule has 1 N–H and O–H groups in total. The van der Waals surface area contributed by atoms with Crippen LogP contribution in [0.1, 0.15) is 21.5 Å². The third-order valence-electron chi connectivity index (χ3n) is 6.06. The Balaban J connectivity index is 1.48. The number of carboxylic acids is 1. The second kappa shape index (κ2) is 9.58. The van der Waals surface area contributed by atoms with Gasteiger partial charge < -0.3 is 9.84 Å². The molecule has 1 aromatic heterocycles. The summed E-state index contributed by atoms with van der Waals surface area (Å²) >= 11 is 0. The first-order valence-electron chi connectivity index (χ1n) is 11.3. The summed E-state index contributed by atoms with van der Waals surface area (Å²) in [6.07, 6.45) is 0. The Bertz CT molecular complexity index is 1580. The van der Waals surface area contributed by atoms with Gasteiger partial charge >= 0.3 is 5.97 Å². The summed E-state index contributed by atoms with van der Waals surface area (Å²) in [7, 11) is 0. The lowest BCUT2D eigenvalue weighted by molar-refractivity contribution is 0.0698. The van der Waals surface area contributed by atoms with Gasteiger partial charge in [0, 0.05) is 16.5 Å². The van der Waals surface area contributed by atoms with Crippen LogP contribution in [0.5, 0.6) is 5.75 Å². The van der Waals surface area contributed by atoms with Crippen molar-refractivity contribution in [2.24, 2.45) is 0 Å². The van der Waals surface area contributed by atoms with Crippen molar-refractivity contribution in [2.45, 2.75) is 13.5 Å². The maximum Gasteiger partial charge on any atom is 0.336 e. The Hall–Kier alpha value is -4.58. The van der Waals surface area contributed by atoms with E-state index in [2.05, 4.69) is 4.98 Å². The van der Waals surface area contributed by atoms with Crippen molar-refractivity contribution in [1.29, 1.82) is 0 Å². The van der Waals surface area contributed by atoms with Gasteiger partial charge in [-0.25, -0.2) is 18.6 Å². The minimum absolute atomic E-state index is 0.00730. The molecule has 0 aliphatic rings. The van der Waals surface area contributed by atoms with Gasteiger partial charge in [-0.15, -0.1) is 0 Å². The van der Waals surface area contributed by atoms with E-state index in [9.17, 15) is 18.7 Å². The van der Waals surface area contributed by atoms with Crippen molar-refractivity contribution in [3.8, 4) is 28.1 Å². The molecule has 0 aliphatic carbocycles. The zero-order valence-electron chi connectivity index (χ0n) is 19.3. The van der Waals surface area contributed by atoms with E-state index in [1.807, 2.05) is 30.3 Å². The predicted molar refractivity (Wildman–Crippen MR) is 135 cm³/mol. The standard InChI is InChI=1S/C30H21F2NO3/c1-18-28(30(34)35)25-15-22(31)11-14-27(25)33-29(18)21-9-7-20(8-10-21)24-16-23(12-13-26(24)32)36-17-19-5-3-2-4-6-19/h2-16H,17H2,1H3,(H,34,35). The summed E-state index contributed by atoms with van der Waals surface area (Å²) in [5.41, 5.74) is 3.99. The van der Waals surface area contributed by atoms with Crippen molar-refractivity contribution >= 4 is 16.9 Å². The van der Waals surface area contributed by atoms with Crippen molar-refractivity contribution in [1.82, 2.24) is 4.98 Å². The molecular formula is C30H21F2NO3. The molecule has 5 rings (SSSR count). The number of halogens is 2. The quantitative estimate of drug-likeness (QED) is 0.274. The van der Waals surface area contributed by atoms with Crippen LogP contribution in [0.15, 0.2) is 91.0 Å². The van der Waals surface area contributed by atoms with E-state index in [0.717, 1.165) is 5.56 Å². The molecule has 0 atom stereocenters. The lowest BCUT2D eigenvalue weighted by Gasteiger charge is -2.13. The van der Waals surface area contributed by atoms with Gasteiger partial charge in [-0.1, -0.05) is 54.6 Å². The zero-order valence-corrected chi connectivity index (χ0v) is 19.3. The number of hydrogen-bond acceptors (Lipinski definition) is 3. The largest absolute Gasteiger partial charge is 0.489 e. The van der Waals surface area contributed by atoms with Crippen LogP contribution in [0.2, 0.25) is 0 Å². The normalized spacial score (nSPS) is 11.0. The van der Waals surface area contributed by atoms with Crippen LogP contribution >= 0.6 is 0 Å². The second-order valence-corrected chi connectivity index (χ2v) is 8.42. The van der Waals surface area contributed by atoms with Gasteiger partial charge in [-0.2, -0.15) is 0 Å². The zero-order chi connectivity index (χ0) is 25.2. The molecule has 36 heavy (non-hydrogen) atoms. The molecule has 0 spiro atoms. The Morgan fingerprint density at radius 3 is 2.33 bits per heavy atom. The highest BCUT2D eigenvalue weighted by Gasteiger charge is 2.19. The average Bonchev–Trinajstić information content (AvgIpc) is 2.88. The predicted octanol–water partition coefficient (Wildman–Crippen LogP) is 7.43. The summed E-state index contributed by atoms with van der Waals surface area (Å²) in [6, 6.07) is 25.3. The smallest absolute Gasteiger partial charge is 0.336 e. The summed E-state index contributed by atoms with van der Waals surface area (Å²) < 4.78 is 34.3. The number of aromatic carboxylic acids is 1. The molecule has 0 saturated heterocycles. The summed E-state index contributed by atoms with van der Waals surface area (Å²) in [6.45, 7) is 2.02. The number of fused-ring (bicyclic) bond motifs is 1. The molecule has 0 amide bonds. The number of carbonyl (C=O) groups is 1. The fourth-order valence-electron chi connectivity index (χ4n) is 4.25. The van der Waals surface area contributed by atoms with Crippen LogP contribution in [0.4, 0.5) is 8.78 Å². The van der Waals surface area contributed by atoms with Crippen LogP contribution < -0.4 is 4.74 Å². The highest BCUT2D eigenvalue weighted by molar-refractivity contribution is 6.05. The fraction of sp³-hybridized carbons (Fsp3) is 0.0667. The van der Waals surface area contributed by atoms with E-state index in [4.69, 9.17) is 4.74 Å². The fourth-order valence-corrected chi connectivity index (χ4v) is 4.25. The number of carboxylic acid groups (broad SMARTS) is 1. The third kappa shape index (κ3) is 4.53. The molecule has 1 heterocycles.